The lowest BCUT2D eigenvalue weighted by atomic mass is 10.2. The highest BCUT2D eigenvalue weighted by Crippen LogP contribution is 2.33. The molecule has 1 amide bonds. The number of H-pyrrole nitrogens is 1. The first-order chi connectivity index (χ1) is 11.9. The number of carbonyl (C=O) groups is 2. The molecule has 0 bridgehead atoms. The van der Waals surface area contributed by atoms with Crippen molar-refractivity contribution in [1.29, 1.82) is 0 Å². The first kappa shape index (κ1) is 17.4. The van der Waals surface area contributed by atoms with Gasteiger partial charge in [0.2, 0.25) is 11.2 Å². The molecule has 11 heteroatoms. The number of aromatic nitrogens is 4. The smallest absolute Gasteiger partial charge is 0.328 e. The number of aliphatic hydroxyl groups is 1. The maximum absolute atomic E-state index is 12.3. The van der Waals surface area contributed by atoms with E-state index in [-0.39, 0.29) is 17.9 Å². The Labute approximate surface area is 147 Å². The van der Waals surface area contributed by atoms with Crippen molar-refractivity contribution in [3.63, 3.8) is 0 Å². The van der Waals surface area contributed by atoms with Crippen LogP contribution in [0.1, 0.15) is 19.8 Å². The Balaban J connectivity index is 1.83. The number of aromatic amines is 1. The summed E-state index contributed by atoms with van der Waals surface area (Å²) in [7, 11) is 0. The van der Waals surface area contributed by atoms with Gasteiger partial charge in [0.1, 0.15) is 5.52 Å². The number of nitrogens with one attached hydrogen (secondary N) is 2. The highest BCUT2D eigenvalue weighted by Gasteiger charge is 2.34. The second-order valence-electron chi connectivity index (χ2n) is 5.90. The molecule has 1 aliphatic carbocycles. The highest BCUT2D eigenvalue weighted by atomic mass is 35.5. The van der Waals surface area contributed by atoms with Crippen molar-refractivity contribution in [2.75, 3.05) is 11.4 Å². The second-order valence-corrected chi connectivity index (χ2v) is 6.24. The van der Waals surface area contributed by atoms with Crippen LogP contribution in [0.25, 0.3) is 11.2 Å². The molecule has 25 heavy (non-hydrogen) atoms. The van der Waals surface area contributed by atoms with Gasteiger partial charge in [-0.3, -0.25) is 4.79 Å². The van der Waals surface area contributed by atoms with Crippen LogP contribution in [-0.4, -0.2) is 66.8 Å². The third-order valence-electron chi connectivity index (χ3n) is 3.88. The van der Waals surface area contributed by atoms with E-state index in [1.807, 2.05) is 0 Å². The number of halogens is 1. The molecule has 0 aliphatic heterocycles. The molecule has 2 aromatic rings. The normalized spacial score (nSPS) is 16.4. The monoisotopic (exact) mass is 368 g/mol. The first-order valence-electron chi connectivity index (χ1n) is 7.70. The SMILES string of the molecule is C[C@@H](O)[C@H](NC(=O)CN(c1nc(Cl)nc2nc[nH]c12)C1CC1)C(=O)O. The maximum atomic E-state index is 12.3. The van der Waals surface area contributed by atoms with E-state index < -0.39 is 24.0 Å². The van der Waals surface area contributed by atoms with Gasteiger partial charge in [-0.05, 0) is 31.4 Å². The fraction of sp³-hybridized carbons (Fsp3) is 0.500. The van der Waals surface area contributed by atoms with Crippen molar-refractivity contribution >= 4 is 40.5 Å². The first-order valence-corrected chi connectivity index (χ1v) is 8.08. The molecule has 2 aromatic heterocycles. The van der Waals surface area contributed by atoms with Gasteiger partial charge in [0, 0.05) is 6.04 Å². The summed E-state index contributed by atoms with van der Waals surface area (Å²) in [5, 5.41) is 20.9. The number of nitrogens with zero attached hydrogens (tertiary/aromatic N) is 4. The van der Waals surface area contributed by atoms with E-state index in [9.17, 15) is 14.7 Å². The van der Waals surface area contributed by atoms with Crippen LogP contribution in [-0.2, 0) is 9.59 Å². The number of hydrogen-bond donors (Lipinski definition) is 4. The summed E-state index contributed by atoms with van der Waals surface area (Å²) in [6, 6.07) is -1.28. The molecule has 0 aromatic carbocycles. The summed E-state index contributed by atoms with van der Waals surface area (Å²) in [6.07, 6.45) is 1.99. The summed E-state index contributed by atoms with van der Waals surface area (Å²) in [5.41, 5.74) is 0.933. The molecule has 0 unspecified atom stereocenters. The lowest BCUT2D eigenvalue weighted by molar-refractivity contribution is -0.144. The largest absolute Gasteiger partial charge is 0.480 e. The van der Waals surface area contributed by atoms with Crippen LogP contribution >= 0.6 is 11.6 Å². The highest BCUT2D eigenvalue weighted by molar-refractivity contribution is 6.28. The molecule has 134 valence electrons. The average molecular weight is 369 g/mol. The number of carbonyl (C=O) groups excluding carboxylic acids is 1. The zero-order valence-corrected chi connectivity index (χ0v) is 14.1. The lowest BCUT2D eigenvalue weighted by Gasteiger charge is -2.25. The van der Waals surface area contributed by atoms with Crippen molar-refractivity contribution in [3.05, 3.63) is 11.6 Å². The van der Waals surface area contributed by atoms with Crippen LogP contribution in [0, 0.1) is 0 Å². The number of hydrogen-bond acceptors (Lipinski definition) is 7. The van der Waals surface area contributed by atoms with E-state index in [2.05, 4.69) is 25.3 Å². The lowest BCUT2D eigenvalue weighted by Crippen LogP contribution is -2.51. The molecular formula is C14H17ClN6O4. The third-order valence-corrected chi connectivity index (χ3v) is 4.05. The summed E-state index contributed by atoms with van der Waals surface area (Å²) >= 11 is 5.94. The van der Waals surface area contributed by atoms with Gasteiger partial charge in [-0.25, -0.2) is 9.78 Å². The number of imidazole rings is 1. The molecule has 1 aliphatic rings. The maximum Gasteiger partial charge on any atom is 0.328 e. The quantitative estimate of drug-likeness (QED) is 0.497. The minimum Gasteiger partial charge on any atom is -0.480 e. The van der Waals surface area contributed by atoms with Gasteiger partial charge in [-0.1, -0.05) is 0 Å². The van der Waals surface area contributed by atoms with Crippen LogP contribution in [0.2, 0.25) is 5.28 Å². The zero-order valence-electron chi connectivity index (χ0n) is 13.3. The van der Waals surface area contributed by atoms with Gasteiger partial charge >= 0.3 is 5.97 Å². The minimum absolute atomic E-state index is 0.00745. The van der Waals surface area contributed by atoms with E-state index >= 15 is 0 Å². The summed E-state index contributed by atoms with van der Waals surface area (Å²) in [5.74, 6) is -1.40. The van der Waals surface area contributed by atoms with Gasteiger partial charge in [-0.2, -0.15) is 9.97 Å². The van der Waals surface area contributed by atoms with E-state index in [4.69, 9.17) is 16.7 Å². The Kier molecular flexibility index (Phi) is 4.73. The summed E-state index contributed by atoms with van der Waals surface area (Å²) in [6.45, 7) is 1.18. The van der Waals surface area contributed by atoms with Crippen LogP contribution in [0.15, 0.2) is 6.33 Å². The van der Waals surface area contributed by atoms with Gasteiger partial charge < -0.3 is 25.4 Å². The summed E-state index contributed by atoms with van der Waals surface area (Å²) in [4.78, 5) is 40.4. The molecule has 0 saturated heterocycles. The molecule has 3 rings (SSSR count). The van der Waals surface area contributed by atoms with E-state index in [0.717, 1.165) is 12.8 Å². The minimum atomic E-state index is -1.38. The molecule has 4 N–H and O–H groups in total. The van der Waals surface area contributed by atoms with Crippen molar-refractivity contribution in [3.8, 4) is 0 Å². The number of rotatable bonds is 7. The van der Waals surface area contributed by atoms with Gasteiger partial charge in [0.05, 0.1) is 19.0 Å². The number of anilines is 1. The number of amides is 1. The molecule has 2 heterocycles. The number of aliphatic hydroxyl groups excluding tert-OH is 1. The molecule has 0 spiro atoms. The average Bonchev–Trinajstić information content (AvgIpc) is 3.26. The van der Waals surface area contributed by atoms with Crippen LogP contribution < -0.4 is 10.2 Å². The second kappa shape index (κ2) is 6.81. The molecule has 10 nitrogen and oxygen atoms in total. The Morgan fingerprint density at radius 1 is 1.48 bits per heavy atom. The Bertz CT molecular complexity index is 806. The molecular weight excluding hydrogens is 352 g/mol. The van der Waals surface area contributed by atoms with Crippen molar-refractivity contribution in [2.45, 2.75) is 38.0 Å². The predicted molar refractivity (Wildman–Crippen MR) is 88.3 cm³/mol. The van der Waals surface area contributed by atoms with E-state index in [1.165, 1.54) is 13.3 Å². The van der Waals surface area contributed by atoms with E-state index in [0.29, 0.717) is 17.0 Å². The molecule has 0 radical (unpaired) electrons. The van der Waals surface area contributed by atoms with Gasteiger partial charge in [0.15, 0.2) is 17.5 Å². The number of carboxylic acid groups (broad SMARTS) is 1. The fourth-order valence-corrected chi connectivity index (χ4v) is 2.69. The van der Waals surface area contributed by atoms with Crippen molar-refractivity contribution in [2.24, 2.45) is 0 Å². The number of fused-ring (bicyclic) bond motifs is 1. The molecule has 1 saturated carbocycles. The standard InChI is InChI=1S/C14H17ClN6O4/c1-6(22)9(13(24)25)18-8(23)4-21(7-2-3-7)12-10-11(17-5-16-10)19-14(15)20-12/h5-7,9,22H,2-4H2,1H3,(H,18,23)(H,24,25)(H,16,17,19,20)/t6-,9+/m1/s1. The van der Waals surface area contributed by atoms with Crippen LogP contribution in [0.4, 0.5) is 5.82 Å². The van der Waals surface area contributed by atoms with Crippen LogP contribution in [0.5, 0.6) is 0 Å². The van der Waals surface area contributed by atoms with E-state index in [1.54, 1.807) is 4.90 Å². The zero-order chi connectivity index (χ0) is 18.1. The fourth-order valence-electron chi connectivity index (χ4n) is 2.53. The molecule has 1 fully saturated rings. The van der Waals surface area contributed by atoms with Crippen molar-refractivity contribution in [1.82, 2.24) is 25.3 Å². The Morgan fingerprint density at radius 2 is 2.20 bits per heavy atom. The third kappa shape index (κ3) is 3.80. The van der Waals surface area contributed by atoms with Crippen LogP contribution in [0.3, 0.4) is 0 Å². The number of aliphatic carboxylic acids is 1. The van der Waals surface area contributed by atoms with Gasteiger partial charge in [-0.15, -0.1) is 0 Å². The summed E-state index contributed by atoms with van der Waals surface area (Å²) < 4.78 is 0. The number of carboxylic acids is 1. The topological polar surface area (TPSA) is 144 Å². The Hall–Kier alpha value is -2.46. The molecule has 2 atom stereocenters. The van der Waals surface area contributed by atoms with Gasteiger partial charge in [0.25, 0.3) is 0 Å². The predicted octanol–water partition coefficient (Wildman–Crippen LogP) is -0.0747. The Morgan fingerprint density at radius 3 is 2.80 bits per heavy atom. The van der Waals surface area contributed by atoms with Crippen molar-refractivity contribution < 1.29 is 19.8 Å².